The number of fused-ring (bicyclic) bond motifs is 1. The summed E-state index contributed by atoms with van der Waals surface area (Å²) in [4.78, 5) is 33.8. The highest BCUT2D eigenvalue weighted by Gasteiger charge is 2.27. The van der Waals surface area contributed by atoms with Crippen LogP contribution in [0.3, 0.4) is 0 Å². The van der Waals surface area contributed by atoms with Crippen LogP contribution >= 0.6 is 0 Å². The van der Waals surface area contributed by atoms with Gasteiger partial charge in [-0.3, -0.25) is 4.79 Å². The largest absolute Gasteiger partial charge is 0.391 e. The van der Waals surface area contributed by atoms with Gasteiger partial charge in [0.05, 0.1) is 17.2 Å². The SMILES string of the molecule is CCc1cnc(N2CCC(n3cc(F)c4c(Nc5ccc(C(=O)N6CC[C@H](O)C6)cc5F)ncnc43)CC2)nc1. The quantitative estimate of drug-likeness (QED) is 0.374. The van der Waals surface area contributed by atoms with Crippen molar-refractivity contribution in [3.8, 4) is 0 Å². The molecule has 208 valence electrons. The van der Waals surface area contributed by atoms with Crippen LogP contribution in [0.25, 0.3) is 11.0 Å². The maximum Gasteiger partial charge on any atom is 0.254 e. The highest BCUT2D eigenvalue weighted by molar-refractivity contribution is 5.95. The van der Waals surface area contributed by atoms with Gasteiger partial charge in [-0.05, 0) is 49.4 Å². The molecule has 0 saturated carbocycles. The van der Waals surface area contributed by atoms with Crippen LogP contribution in [-0.4, -0.2) is 72.7 Å². The van der Waals surface area contributed by atoms with Gasteiger partial charge in [0, 0.05) is 56.4 Å². The predicted molar refractivity (Wildman–Crippen MR) is 146 cm³/mol. The molecule has 0 bridgehead atoms. The summed E-state index contributed by atoms with van der Waals surface area (Å²) < 4.78 is 32.1. The number of nitrogens with one attached hydrogen (secondary N) is 1. The summed E-state index contributed by atoms with van der Waals surface area (Å²) in [5, 5.41) is 12.8. The fourth-order valence-corrected chi connectivity index (χ4v) is 5.44. The van der Waals surface area contributed by atoms with E-state index in [0.29, 0.717) is 24.6 Å². The minimum absolute atomic E-state index is 0.0204. The number of aromatic nitrogens is 5. The lowest BCUT2D eigenvalue weighted by Crippen LogP contribution is -2.35. The minimum atomic E-state index is -0.668. The van der Waals surface area contributed by atoms with Crippen LogP contribution in [0.2, 0.25) is 0 Å². The summed E-state index contributed by atoms with van der Waals surface area (Å²) in [5.74, 6) is -0.674. The minimum Gasteiger partial charge on any atom is -0.391 e. The van der Waals surface area contributed by atoms with Crippen molar-refractivity contribution in [1.82, 2.24) is 29.4 Å². The molecule has 0 radical (unpaired) electrons. The van der Waals surface area contributed by atoms with Crippen LogP contribution in [0.4, 0.5) is 26.2 Å². The number of piperidine rings is 1. The molecule has 10 nitrogen and oxygen atoms in total. The molecule has 4 aromatic rings. The van der Waals surface area contributed by atoms with Gasteiger partial charge in [-0.2, -0.15) is 0 Å². The van der Waals surface area contributed by atoms with E-state index in [1.54, 1.807) is 0 Å². The van der Waals surface area contributed by atoms with Crippen molar-refractivity contribution in [2.24, 2.45) is 0 Å². The molecule has 0 spiro atoms. The molecule has 1 aromatic carbocycles. The molecule has 3 aromatic heterocycles. The molecule has 2 aliphatic rings. The summed E-state index contributed by atoms with van der Waals surface area (Å²) in [6.07, 6.45) is 8.80. The van der Waals surface area contributed by atoms with Gasteiger partial charge in [0.2, 0.25) is 5.95 Å². The lowest BCUT2D eigenvalue weighted by molar-refractivity contribution is 0.0764. The number of benzene rings is 1. The van der Waals surface area contributed by atoms with E-state index in [-0.39, 0.29) is 40.9 Å². The number of amides is 1. The monoisotopic (exact) mass is 548 g/mol. The van der Waals surface area contributed by atoms with Crippen LogP contribution in [-0.2, 0) is 6.42 Å². The number of aliphatic hydroxyl groups is 1. The van der Waals surface area contributed by atoms with Gasteiger partial charge < -0.3 is 24.8 Å². The van der Waals surface area contributed by atoms with Crippen LogP contribution in [0.1, 0.15) is 48.1 Å². The highest BCUT2D eigenvalue weighted by Crippen LogP contribution is 2.33. The molecule has 5 heterocycles. The third kappa shape index (κ3) is 4.94. The van der Waals surface area contributed by atoms with Crippen LogP contribution in [0.15, 0.2) is 43.1 Å². The first-order valence-electron chi connectivity index (χ1n) is 13.5. The molecule has 1 amide bonds. The third-order valence-corrected chi connectivity index (χ3v) is 7.72. The maximum atomic E-state index is 15.3. The fourth-order valence-electron chi connectivity index (χ4n) is 5.44. The average Bonchev–Trinajstić information content (AvgIpc) is 3.57. The van der Waals surface area contributed by atoms with E-state index in [4.69, 9.17) is 0 Å². The molecule has 2 N–H and O–H groups in total. The third-order valence-electron chi connectivity index (χ3n) is 7.72. The Bertz CT molecular complexity index is 1540. The van der Waals surface area contributed by atoms with Gasteiger partial charge in [-0.1, -0.05) is 6.92 Å². The maximum absolute atomic E-state index is 15.3. The van der Waals surface area contributed by atoms with Gasteiger partial charge in [-0.25, -0.2) is 28.7 Å². The Morgan fingerprint density at radius 1 is 1.05 bits per heavy atom. The van der Waals surface area contributed by atoms with Crippen molar-refractivity contribution < 1.29 is 18.7 Å². The molecule has 2 fully saturated rings. The Hall–Kier alpha value is -4.19. The van der Waals surface area contributed by atoms with E-state index in [2.05, 4.69) is 37.1 Å². The Kier molecular flexibility index (Phi) is 7.01. The van der Waals surface area contributed by atoms with Crippen molar-refractivity contribution in [3.63, 3.8) is 0 Å². The zero-order valence-electron chi connectivity index (χ0n) is 22.1. The zero-order chi connectivity index (χ0) is 27.8. The van der Waals surface area contributed by atoms with E-state index >= 15 is 8.78 Å². The molecule has 1 atom stereocenters. The molecule has 12 heteroatoms. The lowest BCUT2D eigenvalue weighted by atomic mass is 10.1. The molecule has 2 aliphatic heterocycles. The second-order valence-corrected chi connectivity index (χ2v) is 10.3. The van der Waals surface area contributed by atoms with E-state index in [9.17, 15) is 9.90 Å². The second-order valence-electron chi connectivity index (χ2n) is 10.3. The topological polar surface area (TPSA) is 112 Å². The van der Waals surface area contributed by atoms with Crippen molar-refractivity contribution in [3.05, 3.63) is 65.9 Å². The lowest BCUT2D eigenvalue weighted by Gasteiger charge is -2.32. The van der Waals surface area contributed by atoms with Gasteiger partial charge >= 0.3 is 0 Å². The summed E-state index contributed by atoms with van der Waals surface area (Å²) in [6, 6.07) is 4.10. The van der Waals surface area contributed by atoms with E-state index in [1.807, 2.05) is 17.0 Å². The van der Waals surface area contributed by atoms with Crippen molar-refractivity contribution in [2.45, 2.75) is 44.8 Å². The molecule has 2 saturated heterocycles. The van der Waals surface area contributed by atoms with Gasteiger partial charge in [0.25, 0.3) is 5.91 Å². The van der Waals surface area contributed by atoms with Gasteiger partial charge in [-0.15, -0.1) is 0 Å². The average molecular weight is 549 g/mol. The van der Waals surface area contributed by atoms with Crippen LogP contribution in [0.5, 0.6) is 0 Å². The van der Waals surface area contributed by atoms with Gasteiger partial charge in [0.15, 0.2) is 5.82 Å². The first kappa shape index (κ1) is 26.1. The number of aryl methyl sites for hydroxylation is 1. The molecule has 0 aliphatic carbocycles. The van der Waals surface area contributed by atoms with Crippen molar-refractivity contribution in [2.75, 3.05) is 36.4 Å². The number of aliphatic hydroxyl groups excluding tert-OH is 1. The van der Waals surface area contributed by atoms with E-state index in [0.717, 1.165) is 44.0 Å². The number of rotatable bonds is 6. The Morgan fingerprint density at radius 3 is 2.50 bits per heavy atom. The number of anilines is 3. The Labute approximate surface area is 229 Å². The number of carbonyl (C=O) groups excluding carboxylic acids is 1. The molecule has 6 rings (SSSR count). The van der Waals surface area contributed by atoms with Crippen molar-refractivity contribution >= 4 is 34.4 Å². The van der Waals surface area contributed by atoms with Crippen LogP contribution < -0.4 is 10.2 Å². The number of β-amino-alcohol motifs (C(OH)–C–C–N with tert-alkyl or cyclic N) is 1. The second kappa shape index (κ2) is 10.8. The number of hydrogen-bond acceptors (Lipinski definition) is 8. The summed E-state index contributed by atoms with van der Waals surface area (Å²) >= 11 is 0. The number of nitrogens with zero attached hydrogens (tertiary/aromatic N) is 7. The molecule has 0 unspecified atom stereocenters. The molecule has 40 heavy (non-hydrogen) atoms. The number of halogens is 2. The normalized spacial score (nSPS) is 18.1. The summed E-state index contributed by atoms with van der Waals surface area (Å²) in [6.45, 7) is 4.16. The predicted octanol–water partition coefficient (Wildman–Crippen LogP) is 3.85. The van der Waals surface area contributed by atoms with Crippen molar-refractivity contribution in [1.29, 1.82) is 0 Å². The smallest absolute Gasteiger partial charge is 0.254 e. The molecular weight excluding hydrogens is 518 g/mol. The first-order valence-corrected chi connectivity index (χ1v) is 13.5. The van der Waals surface area contributed by atoms with Gasteiger partial charge in [0.1, 0.15) is 23.6 Å². The first-order chi connectivity index (χ1) is 19.4. The van der Waals surface area contributed by atoms with Crippen LogP contribution in [0, 0.1) is 11.6 Å². The number of carbonyl (C=O) groups is 1. The summed E-state index contributed by atoms with van der Waals surface area (Å²) in [7, 11) is 0. The summed E-state index contributed by atoms with van der Waals surface area (Å²) in [5.41, 5.74) is 1.76. The Morgan fingerprint density at radius 2 is 1.82 bits per heavy atom. The highest BCUT2D eigenvalue weighted by atomic mass is 19.1. The number of likely N-dealkylation sites (tertiary alicyclic amines) is 1. The zero-order valence-corrected chi connectivity index (χ0v) is 22.1. The van der Waals surface area contributed by atoms with E-state index < -0.39 is 17.7 Å². The standard InChI is InChI=1S/C28H30F2N8O2/c1-2-17-12-31-28(32-13-17)36-8-5-19(6-9-36)38-15-22(30)24-25(33-16-34-26(24)38)35-23-4-3-18(11-21(23)29)27(40)37-10-7-20(39)14-37/h3-4,11-13,15-16,19-20,39H,2,5-10,14H2,1H3,(H,33,34,35)/t20-/m0/s1. The fraction of sp³-hybridized carbons (Fsp3) is 0.393. The molecular formula is C28H30F2N8O2. The van der Waals surface area contributed by atoms with E-state index in [1.165, 1.54) is 29.6 Å². The Balaban J connectivity index is 1.19. The number of hydrogen-bond donors (Lipinski definition) is 2.